The lowest BCUT2D eigenvalue weighted by Gasteiger charge is -2.28. The number of nitrogens with one attached hydrogen (secondary N) is 1. The van der Waals surface area contributed by atoms with E-state index in [2.05, 4.69) is 21.2 Å². The lowest BCUT2D eigenvalue weighted by molar-refractivity contribution is -0.142. The Balaban J connectivity index is 2.14. The van der Waals surface area contributed by atoms with Gasteiger partial charge >= 0.3 is 0 Å². The lowest BCUT2D eigenvalue weighted by atomic mass is 10.1. The molecule has 2 aromatic carbocycles. The average Bonchev–Trinajstić information content (AvgIpc) is 2.69. The molecule has 1 atom stereocenters. The molecule has 5 nitrogen and oxygen atoms in total. The van der Waals surface area contributed by atoms with Crippen molar-refractivity contribution in [2.24, 2.45) is 0 Å². The molecule has 0 aliphatic carbocycles. The van der Waals surface area contributed by atoms with Crippen molar-refractivity contribution in [2.45, 2.75) is 32.9 Å². The molecule has 2 amide bonds. The standard InChI is InChI=1S/C21H24BrClN2O3/c1-3-11-24-21(27)15(2)25(13-16-7-6-8-17(22)12-16)20(26)14-28-19-10-5-4-9-18(19)23/h4-10,12,15H,3,11,13-14H2,1-2H3,(H,24,27). The topological polar surface area (TPSA) is 58.6 Å². The normalized spacial score (nSPS) is 11.6. The maximum absolute atomic E-state index is 12.9. The molecule has 7 heteroatoms. The molecule has 0 heterocycles. The lowest BCUT2D eigenvalue weighted by Crippen LogP contribution is -2.49. The Morgan fingerprint density at radius 2 is 1.96 bits per heavy atom. The molecular weight excluding hydrogens is 444 g/mol. The predicted molar refractivity (Wildman–Crippen MR) is 114 cm³/mol. The highest BCUT2D eigenvalue weighted by atomic mass is 79.9. The van der Waals surface area contributed by atoms with Crippen LogP contribution < -0.4 is 10.1 Å². The molecule has 0 radical (unpaired) electrons. The highest BCUT2D eigenvalue weighted by Crippen LogP contribution is 2.23. The van der Waals surface area contributed by atoms with Crippen molar-refractivity contribution in [3.05, 3.63) is 63.6 Å². The Bertz CT molecular complexity index is 816. The second-order valence-corrected chi connectivity index (χ2v) is 7.66. The van der Waals surface area contributed by atoms with E-state index in [1.807, 2.05) is 31.2 Å². The summed E-state index contributed by atoms with van der Waals surface area (Å²) in [5.74, 6) is -0.0509. The van der Waals surface area contributed by atoms with Crippen molar-refractivity contribution in [3.8, 4) is 5.75 Å². The van der Waals surface area contributed by atoms with Gasteiger partial charge in [-0.15, -0.1) is 0 Å². The van der Waals surface area contributed by atoms with Crippen molar-refractivity contribution >= 4 is 39.3 Å². The molecule has 2 rings (SSSR count). The molecule has 0 aliphatic heterocycles. The van der Waals surface area contributed by atoms with Crippen LogP contribution >= 0.6 is 27.5 Å². The number of hydrogen-bond acceptors (Lipinski definition) is 3. The van der Waals surface area contributed by atoms with E-state index < -0.39 is 6.04 Å². The third-order valence-corrected chi connectivity index (χ3v) is 4.95. The van der Waals surface area contributed by atoms with Gasteiger partial charge in [-0.1, -0.05) is 58.7 Å². The van der Waals surface area contributed by atoms with Crippen LogP contribution in [0.1, 0.15) is 25.8 Å². The number of halogens is 2. The van der Waals surface area contributed by atoms with E-state index in [0.29, 0.717) is 23.9 Å². The van der Waals surface area contributed by atoms with Crippen molar-refractivity contribution in [1.29, 1.82) is 0 Å². The maximum atomic E-state index is 12.9. The highest BCUT2D eigenvalue weighted by Gasteiger charge is 2.26. The van der Waals surface area contributed by atoms with Crippen LogP contribution in [0.2, 0.25) is 5.02 Å². The van der Waals surface area contributed by atoms with Crippen LogP contribution in [0.4, 0.5) is 0 Å². The summed E-state index contributed by atoms with van der Waals surface area (Å²) in [6.45, 7) is 4.36. The zero-order valence-electron chi connectivity index (χ0n) is 16.0. The zero-order valence-corrected chi connectivity index (χ0v) is 18.3. The second kappa shape index (κ2) is 11.1. The van der Waals surface area contributed by atoms with E-state index in [-0.39, 0.29) is 18.4 Å². The van der Waals surface area contributed by atoms with Crippen LogP contribution in [0, 0.1) is 0 Å². The Morgan fingerprint density at radius 1 is 1.21 bits per heavy atom. The van der Waals surface area contributed by atoms with Gasteiger partial charge < -0.3 is 15.0 Å². The highest BCUT2D eigenvalue weighted by molar-refractivity contribution is 9.10. The van der Waals surface area contributed by atoms with Crippen molar-refractivity contribution in [3.63, 3.8) is 0 Å². The van der Waals surface area contributed by atoms with Crippen LogP contribution in [0.5, 0.6) is 5.75 Å². The summed E-state index contributed by atoms with van der Waals surface area (Å²) < 4.78 is 6.50. The molecule has 0 aromatic heterocycles. The van der Waals surface area contributed by atoms with E-state index >= 15 is 0 Å². The number of benzene rings is 2. The summed E-state index contributed by atoms with van der Waals surface area (Å²) in [7, 11) is 0. The third kappa shape index (κ3) is 6.53. The Hall–Kier alpha value is -2.05. The van der Waals surface area contributed by atoms with Crippen LogP contribution in [-0.2, 0) is 16.1 Å². The monoisotopic (exact) mass is 466 g/mol. The molecule has 0 fully saturated rings. The molecule has 150 valence electrons. The first kappa shape index (κ1) is 22.2. The van der Waals surface area contributed by atoms with E-state index in [1.165, 1.54) is 4.90 Å². The van der Waals surface area contributed by atoms with Gasteiger partial charge in [-0.05, 0) is 43.2 Å². The molecule has 1 N–H and O–H groups in total. The third-order valence-electron chi connectivity index (χ3n) is 4.15. The van der Waals surface area contributed by atoms with Gasteiger partial charge in [0.1, 0.15) is 11.8 Å². The molecule has 0 bridgehead atoms. The molecule has 0 saturated carbocycles. The SMILES string of the molecule is CCCNC(=O)C(C)N(Cc1cccc(Br)c1)C(=O)COc1ccccc1Cl. The van der Waals surface area contributed by atoms with Gasteiger partial charge in [-0.25, -0.2) is 0 Å². The summed E-state index contributed by atoms with van der Waals surface area (Å²) in [6, 6.07) is 14.0. The average molecular weight is 468 g/mol. The fourth-order valence-corrected chi connectivity index (χ4v) is 3.23. The minimum atomic E-state index is -0.632. The quantitative estimate of drug-likeness (QED) is 0.594. The zero-order chi connectivity index (χ0) is 20.5. The Kier molecular flexibility index (Phi) is 8.80. The summed E-state index contributed by atoms with van der Waals surface area (Å²) in [5.41, 5.74) is 0.913. The van der Waals surface area contributed by atoms with Crippen LogP contribution in [0.25, 0.3) is 0 Å². The number of amides is 2. The second-order valence-electron chi connectivity index (χ2n) is 6.34. The summed E-state index contributed by atoms with van der Waals surface area (Å²) >= 11 is 9.52. The summed E-state index contributed by atoms with van der Waals surface area (Å²) in [4.78, 5) is 26.9. The van der Waals surface area contributed by atoms with E-state index in [0.717, 1.165) is 16.5 Å². The largest absolute Gasteiger partial charge is 0.482 e. The predicted octanol–water partition coefficient (Wildman–Crippen LogP) is 4.42. The minimum absolute atomic E-state index is 0.192. The Labute approximate surface area is 179 Å². The molecular formula is C21H24BrClN2O3. The first-order valence-electron chi connectivity index (χ1n) is 9.11. The number of carbonyl (C=O) groups is 2. The molecule has 28 heavy (non-hydrogen) atoms. The number of para-hydroxylation sites is 1. The number of ether oxygens (including phenoxy) is 1. The van der Waals surface area contributed by atoms with Crippen LogP contribution in [0.15, 0.2) is 53.0 Å². The number of carbonyl (C=O) groups excluding carboxylic acids is 2. The molecule has 0 aliphatic rings. The summed E-state index contributed by atoms with van der Waals surface area (Å²) in [5, 5.41) is 3.28. The van der Waals surface area contributed by atoms with Gasteiger partial charge in [-0.2, -0.15) is 0 Å². The maximum Gasteiger partial charge on any atom is 0.261 e. The van der Waals surface area contributed by atoms with Gasteiger partial charge in [-0.3, -0.25) is 9.59 Å². The van der Waals surface area contributed by atoms with Crippen molar-refractivity contribution in [2.75, 3.05) is 13.2 Å². The number of nitrogens with zero attached hydrogens (tertiary/aromatic N) is 1. The molecule has 1 unspecified atom stereocenters. The van der Waals surface area contributed by atoms with Gasteiger partial charge in [0, 0.05) is 17.6 Å². The molecule has 2 aromatic rings. The van der Waals surface area contributed by atoms with E-state index in [4.69, 9.17) is 16.3 Å². The minimum Gasteiger partial charge on any atom is -0.482 e. The number of rotatable bonds is 9. The molecule has 0 spiro atoms. The fourth-order valence-electron chi connectivity index (χ4n) is 2.59. The van der Waals surface area contributed by atoms with Crippen molar-refractivity contribution in [1.82, 2.24) is 10.2 Å². The first-order chi connectivity index (χ1) is 13.4. The van der Waals surface area contributed by atoms with Crippen LogP contribution in [0.3, 0.4) is 0 Å². The van der Waals surface area contributed by atoms with E-state index in [1.54, 1.807) is 31.2 Å². The van der Waals surface area contributed by atoms with Gasteiger partial charge in [0.25, 0.3) is 5.91 Å². The fraction of sp³-hybridized carbons (Fsp3) is 0.333. The smallest absolute Gasteiger partial charge is 0.261 e. The summed E-state index contributed by atoms with van der Waals surface area (Å²) in [6.07, 6.45) is 0.827. The van der Waals surface area contributed by atoms with Gasteiger partial charge in [0.15, 0.2) is 6.61 Å². The van der Waals surface area contributed by atoms with Crippen LogP contribution in [-0.4, -0.2) is 35.9 Å². The van der Waals surface area contributed by atoms with E-state index in [9.17, 15) is 9.59 Å². The van der Waals surface area contributed by atoms with Crippen molar-refractivity contribution < 1.29 is 14.3 Å². The first-order valence-corrected chi connectivity index (χ1v) is 10.3. The van der Waals surface area contributed by atoms with Gasteiger partial charge in [0.2, 0.25) is 5.91 Å². The Morgan fingerprint density at radius 3 is 2.64 bits per heavy atom. The number of hydrogen-bond donors (Lipinski definition) is 1. The molecule has 0 saturated heterocycles. The van der Waals surface area contributed by atoms with Gasteiger partial charge in [0.05, 0.1) is 5.02 Å².